The number of pyridine rings is 1. The van der Waals surface area contributed by atoms with Gasteiger partial charge in [-0.25, -0.2) is 14.6 Å². The van der Waals surface area contributed by atoms with E-state index in [4.69, 9.17) is 0 Å². The summed E-state index contributed by atoms with van der Waals surface area (Å²) in [5, 5.41) is 5.29. The van der Waals surface area contributed by atoms with E-state index in [2.05, 4.69) is 64.5 Å². The van der Waals surface area contributed by atoms with Gasteiger partial charge in [0.25, 0.3) is 0 Å². The molecule has 0 saturated heterocycles. The molecule has 0 spiro atoms. The Morgan fingerprint density at radius 2 is 1.79 bits per heavy atom. The number of aromatic nitrogens is 4. The van der Waals surface area contributed by atoms with Gasteiger partial charge < -0.3 is 0 Å². The zero-order valence-corrected chi connectivity index (χ0v) is 13.3. The third-order valence-electron chi connectivity index (χ3n) is 3.89. The maximum atomic E-state index is 4.68. The van der Waals surface area contributed by atoms with E-state index >= 15 is 0 Å². The van der Waals surface area contributed by atoms with E-state index in [1.165, 1.54) is 17.3 Å². The third kappa shape index (κ3) is 2.94. The highest BCUT2D eigenvalue weighted by atomic mass is 15.3. The lowest BCUT2D eigenvalue weighted by Crippen LogP contribution is -1.93. The van der Waals surface area contributed by atoms with Crippen molar-refractivity contribution in [3.8, 4) is 5.69 Å². The van der Waals surface area contributed by atoms with Crippen molar-refractivity contribution in [3.63, 3.8) is 0 Å². The van der Waals surface area contributed by atoms with Crippen LogP contribution in [-0.4, -0.2) is 19.7 Å². The molecule has 2 heterocycles. The Labute approximate surface area is 140 Å². The van der Waals surface area contributed by atoms with Gasteiger partial charge in [-0.3, -0.25) is 0 Å². The Morgan fingerprint density at radius 3 is 2.58 bits per heavy atom. The molecule has 4 aromatic rings. The molecule has 0 unspecified atom stereocenters. The Kier molecular flexibility index (Phi) is 3.63. The van der Waals surface area contributed by atoms with Crippen molar-refractivity contribution in [1.29, 1.82) is 0 Å². The molecule has 0 N–H and O–H groups in total. The van der Waals surface area contributed by atoms with Crippen molar-refractivity contribution >= 4 is 23.1 Å². The first kappa shape index (κ1) is 14.3. The highest BCUT2D eigenvalue weighted by Crippen LogP contribution is 2.16. The molecule has 4 heteroatoms. The summed E-state index contributed by atoms with van der Waals surface area (Å²) in [7, 11) is 0. The number of aryl methyl sites for hydroxylation is 1. The van der Waals surface area contributed by atoms with Gasteiger partial charge in [0.05, 0.1) is 16.9 Å². The summed E-state index contributed by atoms with van der Waals surface area (Å²) in [5.74, 6) is 0. The lowest BCUT2D eigenvalue weighted by atomic mass is 10.1. The first-order chi connectivity index (χ1) is 11.8. The molecule has 2 aromatic heterocycles. The van der Waals surface area contributed by atoms with Gasteiger partial charge in [-0.15, -0.1) is 0 Å². The predicted molar refractivity (Wildman–Crippen MR) is 96.8 cm³/mol. The molecule has 0 bridgehead atoms. The largest absolute Gasteiger partial charge is 0.248 e. The SMILES string of the molecule is Cc1ccc2nc(/C=C/c3ccc(-n4cncn4)cc3)ccc2c1. The summed E-state index contributed by atoms with van der Waals surface area (Å²) in [6.45, 7) is 2.09. The summed E-state index contributed by atoms with van der Waals surface area (Å²) >= 11 is 0. The van der Waals surface area contributed by atoms with E-state index < -0.39 is 0 Å². The van der Waals surface area contributed by atoms with Crippen LogP contribution in [0.5, 0.6) is 0 Å². The lowest BCUT2D eigenvalue weighted by molar-refractivity contribution is 0.879. The van der Waals surface area contributed by atoms with Crippen molar-refractivity contribution in [2.45, 2.75) is 6.92 Å². The summed E-state index contributed by atoms with van der Waals surface area (Å²) in [4.78, 5) is 8.64. The van der Waals surface area contributed by atoms with Gasteiger partial charge in [0.2, 0.25) is 0 Å². The summed E-state index contributed by atoms with van der Waals surface area (Å²) in [5.41, 5.74) is 5.32. The fourth-order valence-corrected chi connectivity index (χ4v) is 2.61. The number of hydrogen-bond donors (Lipinski definition) is 0. The second-order valence-corrected chi connectivity index (χ2v) is 5.70. The molecule has 4 nitrogen and oxygen atoms in total. The molecule has 0 amide bonds. The highest BCUT2D eigenvalue weighted by Gasteiger charge is 1.98. The van der Waals surface area contributed by atoms with Crippen molar-refractivity contribution in [3.05, 3.63) is 84.1 Å². The van der Waals surface area contributed by atoms with Crippen molar-refractivity contribution in [2.75, 3.05) is 0 Å². The smallest absolute Gasteiger partial charge is 0.138 e. The van der Waals surface area contributed by atoms with E-state index in [1.54, 1.807) is 11.0 Å². The number of benzene rings is 2. The monoisotopic (exact) mass is 312 g/mol. The van der Waals surface area contributed by atoms with Gasteiger partial charge in [0, 0.05) is 5.39 Å². The van der Waals surface area contributed by atoms with Crippen LogP contribution in [0.1, 0.15) is 16.8 Å². The van der Waals surface area contributed by atoms with Crippen molar-refractivity contribution in [1.82, 2.24) is 19.7 Å². The van der Waals surface area contributed by atoms with Crippen LogP contribution in [0.15, 0.2) is 67.3 Å². The number of hydrogen-bond acceptors (Lipinski definition) is 3. The topological polar surface area (TPSA) is 43.6 Å². The molecule has 4 rings (SSSR count). The molecule has 2 aromatic carbocycles. The minimum absolute atomic E-state index is 0.951. The fourth-order valence-electron chi connectivity index (χ4n) is 2.61. The van der Waals surface area contributed by atoms with E-state index in [0.717, 1.165) is 22.5 Å². The summed E-state index contributed by atoms with van der Waals surface area (Å²) < 4.78 is 1.74. The van der Waals surface area contributed by atoms with E-state index in [9.17, 15) is 0 Å². The zero-order chi connectivity index (χ0) is 16.4. The molecule has 0 fully saturated rings. The molecular formula is C20H16N4. The second kappa shape index (κ2) is 6.08. The van der Waals surface area contributed by atoms with Gasteiger partial charge in [-0.2, -0.15) is 5.10 Å². The fraction of sp³-hybridized carbons (Fsp3) is 0.0500. The molecule has 0 aliphatic heterocycles. The van der Waals surface area contributed by atoms with Crippen LogP contribution in [0, 0.1) is 6.92 Å². The minimum Gasteiger partial charge on any atom is -0.248 e. The number of rotatable bonds is 3. The van der Waals surface area contributed by atoms with Crippen LogP contribution in [0.2, 0.25) is 0 Å². The molecule has 116 valence electrons. The first-order valence-corrected chi connectivity index (χ1v) is 7.78. The van der Waals surface area contributed by atoms with Gasteiger partial charge in [0.1, 0.15) is 12.7 Å². The maximum absolute atomic E-state index is 4.68. The Morgan fingerprint density at radius 1 is 0.917 bits per heavy atom. The van der Waals surface area contributed by atoms with Crippen LogP contribution in [-0.2, 0) is 0 Å². The summed E-state index contributed by atoms with van der Waals surface area (Å²) in [6, 6.07) is 18.6. The van der Waals surface area contributed by atoms with Crippen molar-refractivity contribution < 1.29 is 0 Å². The first-order valence-electron chi connectivity index (χ1n) is 7.78. The minimum atomic E-state index is 0.951. The lowest BCUT2D eigenvalue weighted by Gasteiger charge is -2.02. The van der Waals surface area contributed by atoms with Gasteiger partial charge >= 0.3 is 0 Å². The molecule has 0 atom stereocenters. The second-order valence-electron chi connectivity index (χ2n) is 5.70. The number of nitrogens with zero attached hydrogens (tertiary/aromatic N) is 4. The van der Waals surface area contributed by atoms with Gasteiger partial charge in [0.15, 0.2) is 0 Å². The standard InChI is InChI=1S/C20H16N4/c1-15-2-11-20-17(12-15)6-8-18(23-20)7-3-16-4-9-19(10-5-16)24-14-21-13-22-24/h2-14H,1H3/b7-3+. The van der Waals surface area contributed by atoms with Crippen LogP contribution >= 0.6 is 0 Å². The van der Waals surface area contributed by atoms with E-state index in [0.29, 0.717) is 0 Å². The molecule has 0 radical (unpaired) electrons. The molecule has 24 heavy (non-hydrogen) atoms. The van der Waals surface area contributed by atoms with Gasteiger partial charge in [-0.05, 0) is 48.9 Å². The van der Waals surface area contributed by atoms with Gasteiger partial charge in [-0.1, -0.05) is 35.9 Å². The normalized spacial score (nSPS) is 11.4. The number of fused-ring (bicyclic) bond motifs is 1. The Hall–Kier alpha value is -3.27. The predicted octanol–water partition coefficient (Wildman–Crippen LogP) is 4.29. The van der Waals surface area contributed by atoms with Crippen LogP contribution in [0.3, 0.4) is 0 Å². The Bertz CT molecular complexity index is 1000. The average molecular weight is 312 g/mol. The van der Waals surface area contributed by atoms with Crippen molar-refractivity contribution in [2.24, 2.45) is 0 Å². The molecule has 0 aliphatic carbocycles. The Balaban J connectivity index is 1.57. The molecule has 0 saturated carbocycles. The maximum Gasteiger partial charge on any atom is 0.138 e. The molecular weight excluding hydrogens is 296 g/mol. The van der Waals surface area contributed by atoms with Crippen LogP contribution < -0.4 is 0 Å². The third-order valence-corrected chi connectivity index (χ3v) is 3.89. The zero-order valence-electron chi connectivity index (χ0n) is 13.3. The quantitative estimate of drug-likeness (QED) is 0.566. The van der Waals surface area contributed by atoms with E-state index in [1.807, 2.05) is 24.3 Å². The van der Waals surface area contributed by atoms with E-state index in [-0.39, 0.29) is 0 Å². The van der Waals surface area contributed by atoms with Crippen LogP contribution in [0.25, 0.3) is 28.7 Å². The highest BCUT2D eigenvalue weighted by molar-refractivity contribution is 5.81. The van der Waals surface area contributed by atoms with Crippen LogP contribution in [0.4, 0.5) is 0 Å². The summed E-state index contributed by atoms with van der Waals surface area (Å²) in [6.07, 6.45) is 7.31. The average Bonchev–Trinajstić information content (AvgIpc) is 3.15. The molecule has 0 aliphatic rings.